The summed E-state index contributed by atoms with van der Waals surface area (Å²) in [7, 11) is 0. The van der Waals surface area contributed by atoms with Crippen LogP contribution in [0.5, 0.6) is 0 Å². The molecule has 1 nitrogen and oxygen atoms in total. The smallest absolute Gasteiger partial charge is 0.295 e. The van der Waals surface area contributed by atoms with Crippen LogP contribution in [0.1, 0.15) is 26.2 Å². The largest absolute Gasteiger partial charge is 0.389 e. The summed E-state index contributed by atoms with van der Waals surface area (Å²) in [4.78, 5) is 10.7. The molecule has 0 aromatic carbocycles. The van der Waals surface area contributed by atoms with Gasteiger partial charge in [0, 0.05) is 12.8 Å². The van der Waals surface area contributed by atoms with Crippen molar-refractivity contribution in [3.63, 3.8) is 0 Å². The minimum Gasteiger partial charge on any atom is -0.295 e. The third kappa shape index (κ3) is 7.31. The predicted octanol–water partition coefficient (Wildman–Crippen LogP) is 2.86. The molecular weight excluding hydrogens is 169 g/mol. The Morgan fingerprint density at radius 1 is 1.42 bits per heavy atom. The fraction of sp³-hybridized carbons (Fsp3) is 0.625. The first-order valence-electron chi connectivity index (χ1n) is 3.68. The maximum atomic E-state index is 11.6. The second kappa shape index (κ2) is 4.95. The van der Waals surface area contributed by atoms with Crippen molar-refractivity contribution in [2.45, 2.75) is 32.4 Å². The van der Waals surface area contributed by atoms with Gasteiger partial charge in [0.15, 0.2) is 5.78 Å². The molecule has 0 fully saturated rings. The summed E-state index contributed by atoms with van der Waals surface area (Å²) in [6, 6.07) is 0. The van der Waals surface area contributed by atoms with E-state index in [1.165, 1.54) is 12.2 Å². The van der Waals surface area contributed by atoms with E-state index in [2.05, 4.69) is 0 Å². The summed E-state index contributed by atoms with van der Waals surface area (Å²) >= 11 is 0. The number of alkyl halides is 3. The molecule has 0 amide bonds. The molecule has 0 atom stereocenters. The van der Waals surface area contributed by atoms with Gasteiger partial charge in [0.05, 0.1) is 0 Å². The van der Waals surface area contributed by atoms with Crippen LogP contribution in [-0.2, 0) is 4.79 Å². The lowest BCUT2D eigenvalue weighted by Crippen LogP contribution is -2.07. The predicted molar refractivity (Wildman–Crippen MR) is 39.7 cm³/mol. The highest BCUT2D eigenvalue weighted by molar-refractivity contribution is 5.89. The third-order valence-corrected chi connectivity index (χ3v) is 1.24. The molecule has 0 saturated carbocycles. The van der Waals surface area contributed by atoms with Gasteiger partial charge in [-0.15, -0.1) is 0 Å². The van der Waals surface area contributed by atoms with Gasteiger partial charge in [0.2, 0.25) is 0 Å². The van der Waals surface area contributed by atoms with Crippen LogP contribution in [0.4, 0.5) is 13.2 Å². The normalized spacial score (nSPS) is 12.3. The van der Waals surface area contributed by atoms with Crippen molar-refractivity contribution in [3.05, 3.63) is 12.2 Å². The van der Waals surface area contributed by atoms with E-state index in [-0.39, 0.29) is 18.6 Å². The Kier molecular flexibility index (Phi) is 4.62. The number of rotatable bonds is 4. The van der Waals surface area contributed by atoms with Crippen molar-refractivity contribution in [1.29, 1.82) is 0 Å². The third-order valence-electron chi connectivity index (χ3n) is 1.24. The molecule has 0 aliphatic carbocycles. The molecule has 0 aromatic heterocycles. The van der Waals surface area contributed by atoms with Gasteiger partial charge in [0.1, 0.15) is 0 Å². The summed E-state index contributed by atoms with van der Waals surface area (Å²) in [6.45, 7) is 1.65. The van der Waals surface area contributed by atoms with Crippen LogP contribution in [0.3, 0.4) is 0 Å². The molecule has 0 saturated heterocycles. The number of ketones is 1. The van der Waals surface area contributed by atoms with Crippen LogP contribution < -0.4 is 0 Å². The van der Waals surface area contributed by atoms with E-state index in [4.69, 9.17) is 0 Å². The summed E-state index contributed by atoms with van der Waals surface area (Å²) < 4.78 is 34.7. The Morgan fingerprint density at radius 2 is 2.00 bits per heavy atom. The summed E-state index contributed by atoms with van der Waals surface area (Å²) in [5.74, 6) is -0.248. The van der Waals surface area contributed by atoms with E-state index < -0.39 is 12.6 Å². The van der Waals surface area contributed by atoms with Crippen molar-refractivity contribution in [1.82, 2.24) is 0 Å². The Labute approximate surface area is 69.3 Å². The number of carbonyl (C=O) groups excluding carboxylic acids is 1. The Bertz CT molecular complexity index is 170. The van der Waals surface area contributed by atoms with Crippen LogP contribution in [0.15, 0.2) is 12.2 Å². The fourth-order valence-corrected chi connectivity index (χ4v) is 0.732. The van der Waals surface area contributed by atoms with E-state index in [1.54, 1.807) is 6.92 Å². The van der Waals surface area contributed by atoms with Crippen LogP contribution >= 0.6 is 0 Å². The average Bonchev–Trinajstić information content (AvgIpc) is 1.84. The van der Waals surface area contributed by atoms with Crippen LogP contribution in [0.25, 0.3) is 0 Å². The molecule has 0 bridgehead atoms. The zero-order valence-corrected chi connectivity index (χ0v) is 6.82. The van der Waals surface area contributed by atoms with Crippen molar-refractivity contribution in [2.75, 3.05) is 0 Å². The van der Waals surface area contributed by atoms with E-state index in [9.17, 15) is 18.0 Å². The SMILES string of the molecule is C/C=C/C(=O)CCCC(F)(F)F. The second-order valence-electron chi connectivity index (χ2n) is 2.44. The highest BCUT2D eigenvalue weighted by Crippen LogP contribution is 2.22. The van der Waals surface area contributed by atoms with E-state index in [0.717, 1.165) is 0 Å². The number of hydrogen-bond acceptors (Lipinski definition) is 1. The molecule has 0 unspecified atom stereocenters. The van der Waals surface area contributed by atoms with Gasteiger partial charge in [-0.1, -0.05) is 6.08 Å². The van der Waals surface area contributed by atoms with E-state index in [0.29, 0.717) is 0 Å². The minimum atomic E-state index is -4.14. The lowest BCUT2D eigenvalue weighted by molar-refractivity contribution is -0.136. The molecule has 0 spiro atoms. The maximum absolute atomic E-state index is 11.6. The number of hydrogen-bond donors (Lipinski definition) is 0. The Morgan fingerprint density at radius 3 is 2.42 bits per heavy atom. The standard InChI is InChI=1S/C8H11F3O/c1-2-4-7(12)5-3-6-8(9,10)11/h2,4H,3,5-6H2,1H3/b4-2+. The zero-order valence-electron chi connectivity index (χ0n) is 6.82. The molecule has 0 N–H and O–H groups in total. The summed E-state index contributed by atoms with van der Waals surface area (Å²) in [6.07, 6.45) is -2.35. The molecule has 0 aliphatic rings. The van der Waals surface area contributed by atoms with Crippen LogP contribution in [0.2, 0.25) is 0 Å². The van der Waals surface area contributed by atoms with E-state index in [1.807, 2.05) is 0 Å². The molecule has 0 aromatic rings. The molecule has 0 rings (SSSR count). The molecule has 0 heterocycles. The average molecular weight is 180 g/mol. The lowest BCUT2D eigenvalue weighted by Gasteiger charge is -2.03. The second-order valence-corrected chi connectivity index (χ2v) is 2.44. The van der Waals surface area contributed by atoms with Gasteiger partial charge >= 0.3 is 6.18 Å². The first-order valence-corrected chi connectivity index (χ1v) is 3.68. The van der Waals surface area contributed by atoms with E-state index >= 15 is 0 Å². The Hall–Kier alpha value is -0.800. The van der Waals surface area contributed by atoms with Gasteiger partial charge in [0.25, 0.3) is 0 Å². The Balaban J connectivity index is 3.51. The highest BCUT2D eigenvalue weighted by Gasteiger charge is 2.26. The van der Waals surface area contributed by atoms with Gasteiger partial charge in [-0.25, -0.2) is 0 Å². The number of allylic oxidation sites excluding steroid dienone is 2. The van der Waals surface area contributed by atoms with Crippen LogP contribution in [-0.4, -0.2) is 12.0 Å². The first kappa shape index (κ1) is 11.2. The summed E-state index contributed by atoms with van der Waals surface area (Å²) in [5, 5.41) is 0. The molecular formula is C8H11F3O. The fourth-order valence-electron chi connectivity index (χ4n) is 0.732. The van der Waals surface area contributed by atoms with Gasteiger partial charge in [-0.2, -0.15) is 13.2 Å². The van der Waals surface area contributed by atoms with Crippen molar-refractivity contribution < 1.29 is 18.0 Å². The first-order chi connectivity index (χ1) is 5.45. The summed E-state index contributed by atoms with van der Waals surface area (Å²) in [5.41, 5.74) is 0. The van der Waals surface area contributed by atoms with Crippen LogP contribution in [0, 0.1) is 0 Å². The molecule has 0 aliphatic heterocycles. The van der Waals surface area contributed by atoms with Gasteiger partial charge in [-0.3, -0.25) is 4.79 Å². The molecule has 12 heavy (non-hydrogen) atoms. The molecule has 4 heteroatoms. The lowest BCUT2D eigenvalue weighted by atomic mass is 10.1. The van der Waals surface area contributed by atoms with Gasteiger partial charge < -0.3 is 0 Å². The number of halogens is 3. The topological polar surface area (TPSA) is 17.1 Å². The maximum Gasteiger partial charge on any atom is 0.389 e. The van der Waals surface area contributed by atoms with Crippen molar-refractivity contribution in [3.8, 4) is 0 Å². The molecule has 0 radical (unpaired) electrons. The highest BCUT2D eigenvalue weighted by atomic mass is 19.4. The van der Waals surface area contributed by atoms with Gasteiger partial charge in [-0.05, 0) is 19.4 Å². The van der Waals surface area contributed by atoms with Crippen molar-refractivity contribution in [2.24, 2.45) is 0 Å². The van der Waals surface area contributed by atoms with Crippen molar-refractivity contribution >= 4 is 5.78 Å². The number of carbonyl (C=O) groups is 1. The molecule has 70 valence electrons. The minimum absolute atomic E-state index is 0.0240. The quantitative estimate of drug-likeness (QED) is 0.608. The zero-order chi connectivity index (χ0) is 9.61. The monoisotopic (exact) mass is 180 g/mol.